The number of aromatic nitrogens is 1. The molecule has 1 unspecified atom stereocenters. The number of guanidine groups is 1. The van der Waals surface area contributed by atoms with Gasteiger partial charge in [0.25, 0.3) is 6.47 Å². The summed E-state index contributed by atoms with van der Waals surface area (Å²) in [5.74, 6) is 0.244. The summed E-state index contributed by atoms with van der Waals surface area (Å²) >= 11 is 5.88. The van der Waals surface area contributed by atoms with Gasteiger partial charge in [-0.25, -0.2) is 4.79 Å². The summed E-state index contributed by atoms with van der Waals surface area (Å²) in [5, 5.41) is 9.65. The zero-order chi connectivity index (χ0) is 28.7. The number of rotatable bonds is 15. The van der Waals surface area contributed by atoms with E-state index >= 15 is 0 Å². The fourth-order valence-electron chi connectivity index (χ4n) is 3.44. The standard InChI is InChI=1S/C27H35ClN5O6.HI/c1-27(2,3)39-24(35)18-37-26(38-20-34)32-15-12-22(13-16-32)33(25(30)31-19-29)14-6-4-5-7-17-36-23-10-8-21(28)9-11-23;/h8-13,15-16,20,26H,4-7,14,17-18H2,1-3H3,(H2,30,31);1H/q+1;/p-1. The summed E-state index contributed by atoms with van der Waals surface area (Å²) in [5.41, 5.74) is 6.05. The Morgan fingerprint density at radius 2 is 1.80 bits per heavy atom. The van der Waals surface area contributed by atoms with Crippen LogP contribution in [0.15, 0.2) is 53.8 Å². The number of nitrogens with zero attached hydrogens (tertiary/aromatic N) is 4. The number of nitrogens with two attached hydrogens (primary N) is 1. The van der Waals surface area contributed by atoms with E-state index in [1.807, 2.05) is 12.1 Å². The molecule has 0 radical (unpaired) electrons. The number of benzene rings is 1. The molecule has 13 heteroatoms. The maximum atomic E-state index is 12.0. The van der Waals surface area contributed by atoms with E-state index in [-0.39, 0.29) is 36.4 Å². The molecule has 1 aromatic heterocycles. The number of halogens is 2. The average molecular weight is 688 g/mol. The highest BCUT2D eigenvalue weighted by atomic mass is 127. The maximum absolute atomic E-state index is 12.0. The van der Waals surface area contributed by atoms with Crippen molar-refractivity contribution >= 4 is 35.7 Å². The highest BCUT2D eigenvalue weighted by Gasteiger charge is 2.25. The number of esters is 1. The monoisotopic (exact) mass is 687 g/mol. The number of ether oxygens (including phenoxy) is 4. The molecule has 0 aliphatic rings. The molecule has 1 aromatic carbocycles. The molecule has 2 rings (SSSR count). The summed E-state index contributed by atoms with van der Waals surface area (Å²) in [4.78, 5) is 28.3. The van der Waals surface area contributed by atoms with E-state index in [1.165, 1.54) is 4.57 Å². The minimum atomic E-state index is -1.18. The van der Waals surface area contributed by atoms with Crippen LogP contribution in [-0.4, -0.2) is 43.8 Å². The van der Waals surface area contributed by atoms with Crippen LogP contribution < -0.4 is 43.9 Å². The molecule has 1 atom stereocenters. The first-order chi connectivity index (χ1) is 18.6. The van der Waals surface area contributed by atoms with Crippen molar-refractivity contribution in [3.63, 3.8) is 0 Å². The lowest BCUT2D eigenvalue weighted by Gasteiger charge is -2.22. The van der Waals surface area contributed by atoms with Crippen LogP contribution in [-0.2, 0) is 23.8 Å². The molecule has 0 fully saturated rings. The predicted octanol–water partition coefficient (Wildman–Crippen LogP) is 0.860. The number of hydrogen-bond donors (Lipinski definition) is 1. The predicted molar refractivity (Wildman–Crippen MR) is 145 cm³/mol. The molecule has 40 heavy (non-hydrogen) atoms. The first kappa shape index (κ1) is 34.9. The fourth-order valence-corrected chi connectivity index (χ4v) is 3.56. The summed E-state index contributed by atoms with van der Waals surface area (Å²) in [6, 6.07) is 10.7. The molecule has 2 N–H and O–H groups in total. The summed E-state index contributed by atoms with van der Waals surface area (Å²) in [6.45, 7) is 6.16. The van der Waals surface area contributed by atoms with Crippen LogP contribution in [0.25, 0.3) is 0 Å². The van der Waals surface area contributed by atoms with Gasteiger partial charge in [-0.2, -0.15) is 5.26 Å². The number of unbranched alkanes of at least 4 members (excludes halogenated alkanes) is 3. The van der Waals surface area contributed by atoms with Crippen LogP contribution in [0.1, 0.15) is 52.9 Å². The SMILES string of the molecule is CC(C)(C)OC(=O)COC(OC=O)[n+]1ccc(N(CCCCCCOc2ccc(Cl)cc2)C(N)=NC#N)cc1.[I-]. The van der Waals surface area contributed by atoms with Crippen LogP contribution >= 0.6 is 11.6 Å². The highest BCUT2D eigenvalue weighted by Crippen LogP contribution is 2.17. The molecule has 0 amide bonds. The van der Waals surface area contributed by atoms with Crippen molar-refractivity contribution in [2.75, 3.05) is 24.7 Å². The van der Waals surface area contributed by atoms with Crippen molar-refractivity contribution in [1.29, 1.82) is 5.26 Å². The number of hydrogen-bond acceptors (Lipinski definition) is 8. The Morgan fingerprint density at radius 1 is 1.15 bits per heavy atom. The Morgan fingerprint density at radius 3 is 2.40 bits per heavy atom. The van der Waals surface area contributed by atoms with E-state index in [0.717, 1.165) is 31.4 Å². The van der Waals surface area contributed by atoms with Crippen LogP contribution in [0.5, 0.6) is 5.75 Å². The van der Waals surface area contributed by atoms with Crippen molar-refractivity contribution in [2.24, 2.45) is 10.7 Å². The zero-order valence-electron chi connectivity index (χ0n) is 22.8. The molecule has 0 bridgehead atoms. The molecule has 0 saturated heterocycles. The minimum absolute atomic E-state index is 0. The first-order valence-electron chi connectivity index (χ1n) is 12.4. The van der Waals surface area contributed by atoms with Crippen molar-refractivity contribution in [3.8, 4) is 11.9 Å². The van der Waals surface area contributed by atoms with Gasteiger partial charge in [-0.05, 0) is 57.9 Å². The number of nitriles is 1. The van der Waals surface area contributed by atoms with E-state index in [1.54, 1.807) is 68.5 Å². The number of aliphatic imine (C=N–C) groups is 1. The maximum Gasteiger partial charge on any atom is 0.426 e. The van der Waals surface area contributed by atoms with E-state index in [0.29, 0.717) is 23.9 Å². The highest BCUT2D eigenvalue weighted by molar-refractivity contribution is 6.30. The molecule has 218 valence electrons. The molecular weight excluding hydrogens is 653 g/mol. The Kier molecular flexibility index (Phi) is 15.9. The third kappa shape index (κ3) is 13.3. The Labute approximate surface area is 256 Å². The van der Waals surface area contributed by atoms with Crippen molar-refractivity contribution in [1.82, 2.24) is 0 Å². The Hall–Kier alpha value is -3.15. The molecule has 0 aliphatic carbocycles. The van der Waals surface area contributed by atoms with Crippen molar-refractivity contribution < 1.29 is 57.1 Å². The molecule has 11 nitrogen and oxygen atoms in total. The smallest absolute Gasteiger partial charge is 0.426 e. The van der Waals surface area contributed by atoms with E-state index in [9.17, 15) is 9.59 Å². The normalized spacial score (nSPS) is 11.9. The number of carbonyl (C=O) groups is 2. The van der Waals surface area contributed by atoms with Gasteiger partial charge in [0.15, 0.2) is 19.0 Å². The lowest BCUT2D eigenvalue weighted by Crippen LogP contribution is -3.00. The molecular formula is C27H35ClIN5O6. The van der Waals surface area contributed by atoms with E-state index < -0.39 is 24.6 Å². The van der Waals surface area contributed by atoms with Gasteiger partial charge in [0.2, 0.25) is 12.2 Å². The lowest BCUT2D eigenvalue weighted by molar-refractivity contribution is -0.798. The minimum Gasteiger partial charge on any atom is -1.00 e. The fraction of sp³-hybridized carbons (Fsp3) is 0.444. The molecule has 2 aromatic rings. The Balaban J connectivity index is 0.00000800. The second kappa shape index (κ2) is 18.2. The second-order valence-electron chi connectivity index (χ2n) is 9.38. The van der Waals surface area contributed by atoms with Gasteiger partial charge in [0.1, 0.15) is 11.4 Å². The van der Waals surface area contributed by atoms with Gasteiger partial charge in [-0.3, -0.25) is 9.53 Å². The quantitative estimate of drug-likeness (QED) is 0.0332. The van der Waals surface area contributed by atoms with Crippen LogP contribution in [0.3, 0.4) is 0 Å². The Bertz CT molecular complexity index is 1120. The van der Waals surface area contributed by atoms with Gasteiger partial charge >= 0.3 is 12.4 Å². The van der Waals surface area contributed by atoms with Crippen molar-refractivity contribution in [2.45, 2.75) is 58.5 Å². The van der Waals surface area contributed by atoms with Crippen molar-refractivity contribution in [3.05, 3.63) is 53.8 Å². The van der Waals surface area contributed by atoms with E-state index in [4.69, 9.17) is 41.5 Å². The third-order valence-corrected chi connectivity index (χ3v) is 5.38. The number of pyridine rings is 1. The van der Waals surface area contributed by atoms with E-state index in [2.05, 4.69) is 4.99 Å². The average Bonchev–Trinajstić information content (AvgIpc) is 2.88. The van der Waals surface area contributed by atoms with Gasteiger partial charge in [0, 0.05) is 23.7 Å². The molecule has 0 spiro atoms. The summed E-state index contributed by atoms with van der Waals surface area (Å²) in [6.07, 6.45) is 7.28. The van der Waals surface area contributed by atoms with Gasteiger partial charge in [-0.1, -0.05) is 24.4 Å². The molecule has 1 heterocycles. The largest absolute Gasteiger partial charge is 1.00 e. The first-order valence-corrected chi connectivity index (χ1v) is 12.8. The molecule has 0 aliphatic heterocycles. The van der Waals surface area contributed by atoms with Gasteiger partial charge in [0.05, 0.1) is 12.3 Å². The number of carbonyl (C=O) groups excluding carboxylic acids is 2. The van der Waals surface area contributed by atoms with Crippen LogP contribution in [0.2, 0.25) is 5.02 Å². The topological polar surface area (TPSA) is 140 Å². The molecule has 0 saturated carbocycles. The van der Waals surface area contributed by atoms with Gasteiger partial charge < -0.3 is 48.8 Å². The third-order valence-electron chi connectivity index (χ3n) is 5.13. The lowest BCUT2D eigenvalue weighted by atomic mass is 10.2. The zero-order valence-corrected chi connectivity index (χ0v) is 25.7. The number of anilines is 1. The second-order valence-corrected chi connectivity index (χ2v) is 9.82. The van der Waals surface area contributed by atoms with Crippen LogP contribution in [0, 0.1) is 11.5 Å². The summed E-state index contributed by atoms with van der Waals surface area (Å²) < 4.78 is 22.8. The summed E-state index contributed by atoms with van der Waals surface area (Å²) in [7, 11) is 0. The van der Waals surface area contributed by atoms with Gasteiger partial charge in [-0.15, -0.1) is 9.56 Å². The van der Waals surface area contributed by atoms with Crippen LogP contribution in [0.4, 0.5) is 5.69 Å².